The molecule has 0 aromatic carbocycles. The highest BCUT2D eigenvalue weighted by Gasteiger charge is 2.18. The predicted octanol–water partition coefficient (Wildman–Crippen LogP) is 4.77. The summed E-state index contributed by atoms with van der Waals surface area (Å²) in [6.07, 6.45) is 1.98. The van der Waals surface area contributed by atoms with Gasteiger partial charge in [0.25, 0.3) is 0 Å². The van der Waals surface area contributed by atoms with Gasteiger partial charge in [-0.05, 0) is 33.7 Å². The minimum atomic E-state index is 0.199. The minimum Gasteiger partial charge on any atom is -0.369 e. The molecule has 0 spiro atoms. The first-order chi connectivity index (χ1) is 8.74. The SMILES string of the molecule is CCCNc1nc(CC(C)(C)C)nc(C(C)C)c1Br. The van der Waals surface area contributed by atoms with Crippen LogP contribution in [0.5, 0.6) is 0 Å². The monoisotopic (exact) mass is 327 g/mol. The van der Waals surface area contributed by atoms with Crippen LogP contribution in [-0.4, -0.2) is 16.5 Å². The molecule has 0 amide bonds. The molecule has 3 nitrogen and oxygen atoms in total. The van der Waals surface area contributed by atoms with Gasteiger partial charge in [0.2, 0.25) is 0 Å². The fourth-order valence-electron chi connectivity index (χ4n) is 1.81. The molecule has 108 valence electrons. The van der Waals surface area contributed by atoms with Gasteiger partial charge in [-0.1, -0.05) is 41.5 Å². The fraction of sp³-hybridized carbons (Fsp3) is 0.733. The second kappa shape index (κ2) is 6.69. The van der Waals surface area contributed by atoms with Crippen molar-refractivity contribution in [1.29, 1.82) is 0 Å². The summed E-state index contributed by atoms with van der Waals surface area (Å²) < 4.78 is 1.01. The lowest BCUT2D eigenvalue weighted by Crippen LogP contribution is -2.15. The summed E-state index contributed by atoms with van der Waals surface area (Å²) in [7, 11) is 0. The maximum Gasteiger partial charge on any atom is 0.144 e. The van der Waals surface area contributed by atoms with E-state index in [0.29, 0.717) is 5.92 Å². The minimum absolute atomic E-state index is 0.199. The summed E-state index contributed by atoms with van der Waals surface area (Å²) in [6.45, 7) is 14.1. The average Bonchev–Trinajstić information content (AvgIpc) is 2.27. The van der Waals surface area contributed by atoms with Crippen LogP contribution in [0.3, 0.4) is 0 Å². The van der Waals surface area contributed by atoms with Gasteiger partial charge < -0.3 is 5.32 Å². The summed E-state index contributed by atoms with van der Waals surface area (Å²) in [6, 6.07) is 0. The second-order valence-corrected chi connectivity index (χ2v) is 7.30. The maximum absolute atomic E-state index is 4.73. The van der Waals surface area contributed by atoms with E-state index in [1.54, 1.807) is 0 Å². The summed E-state index contributed by atoms with van der Waals surface area (Å²) >= 11 is 3.64. The molecule has 0 radical (unpaired) electrons. The Morgan fingerprint density at radius 1 is 1.21 bits per heavy atom. The first-order valence-electron chi connectivity index (χ1n) is 7.04. The molecule has 1 aromatic rings. The number of halogens is 1. The number of nitrogens with one attached hydrogen (secondary N) is 1. The Morgan fingerprint density at radius 3 is 2.32 bits per heavy atom. The van der Waals surface area contributed by atoms with E-state index in [1.807, 2.05) is 0 Å². The molecule has 0 bridgehead atoms. The molecular weight excluding hydrogens is 302 g/mol. The van der Waals surface area contributed by atoms with E-state index in [-0.39, 0.29) is 5.41 Å². The van der Waals surface area contributed by atoms with Crippen molar-refractivity contribution in [2.75, 3.05) is 11.9 Å². The van der Waals surface area contributed by atoms with Crippen LogP contribution in [0.25, 0.3) is 0 Å². The summed E-state index contributed by atoms with van der Waals surface area (Å²) in [5.74, 6) is 2.25. The summed E-state index contributed by atoms with van der Waals surface area (Å²) in [5, 5.41) is 3.39. The zero-order chi connectivity index (χ0) is 14.6. The van der Waals surface area contributed by atoms with E-state index in [4.69, 9.17) is 4.98 Å². The number of hydrogen-bond donors (Lipinski definition) is 1. The summed E-state index contributed by atoms with van der Waals surface area (Å²) in [5.41, 5.74) is 1.29. The molecule has 0 saturated carbocycles. The van der Waals surface area contributed by atoms with Crippen LogP contribution in [0, 0.1) is 5.41 Å². The zero-order valence-electron chi connectivity index (χ0n) is 13.0. The Bertz CT molecular complexity index is 422. The molecule has 19 heavy (non-hydrogen) atoms. The second-order valence-electron chi connectivity index (χ2n) is 6.51. The van der Waals surface area contributed by atoms with E-state index in [9.17, 15) is 0 Å². The topological polar surface area (TPSA) is 37.8 Å². The Labute approximate surface area is 125 Å². The maximum atomic E-state index is 4.73. The highest BCUT2D eigenvalue weighted by Crippen LogP contribution is 2.30. The molecule has 1 aromatic heterocycles. The van der Waals surface area contributed by atoms with Gasteiger partial charge in [0, 0.05) is 13.0 Å². The standard InChI is InChI=1S/C15H26BrN3/c1-7-8-17-14-12(16)13(10(2)3)18-11(19-14)9-15(4,5)6/h10H,7-9H2,1-6H3,(H,17,18,19). The van der Waals surface area contributed by atoms with Crippen molar-refractivity contribution in [1.82, 2.24) is 9.97 Å². The fourth-order valence-corrected chi connectivity index (χ4v) is 2.58. The normalized spacial score (nSPS) is 12.0. The van der Waals surface area contributed by atoms with E-state index in [1.165, 1.54) is 0 Å². The molecule has 0 aliphatic carbocycles. The van der Waals surface area contributed by atoms with Gasteiger partial charge in [-0.3, -0.25) is 0 Å². The van der Waals surface area contributed by atoms with Gasteiger partial charge >= 0.3 is 0 Å². The Hall–Kier alpha value is -0.640. The highest BCUT2D eigenvalue weighted by molar-refractivity contribution is 9.10. The number of rotatable bonds is 5. The first-order valence-corrected chi connectivity index (χ1v) is 7.84. The number of nitrogens with zero attached hydrogens (tertiary/aromatic N) is 2. The average molecular weight is 328 g/mol. The van der Waals surface area contributed by atoms with Crippen molar-refractivity contribution in [2.45, 2.75) is 60.3 Å². The van der Waals surface area contributed by atoms with E-state index >= 15 is 0 Å². The lowest BCUT2D eigenvalue weighted by atomic mass is 9.92. The van der Waals surface area contributed by atoms with Crippen molar-refractivity contribution in [3.05, 3.63) is 16.0 Å². The molecule has 1 heterocycles. The molecule has 4 heteroatoms. The third-order valence-corrected chi connectivity index (χ3v) is 3.48. The van der Waals surface area contributed by atoms with E-state index in [2.05, 4.69) is 67.8 Å². The van der Waals surface area contributed by atoms with Gasteiger partial charge in [0.05, 0.1) is 10.2 Å². The van der Waals surface area contributed by atoms with Crippen LogP contribution < -0.4 is 5.32 Å². The van der Waals surface area contributed by atoms with Crippen molar-refractivity contribution in [3.8, 4) is 0 Å². The van der Waals surface area contributed by atoms with Crippen LogP contribution in [0.15, 0.2) is 4.47 Å². The van der Waals surface area contributed by atoms with E-state index < -0.39 is 0 Å². The van der Waals surface area contributed by atoms with Crippen LogP contribution >= 0.6 is 15.9 Å². The Kier molecular flexibility index (Phi) is 5.78. The van der Waals surface area contributed by atoms with Crippen LogP contribution in [0.2, 0.25) is 0 Å². The molecule has 0 atom stereocenters. The Balaban J connectivity index is 3.15. The van der Waals surface area contributed by atoms with Crippen molar-refractivity contribution in [3.63, 3.8) is 0 Å². The first kappa shape index (κ1) is 16.4. The third kappa shape index (κ3) is 5.09. The van der Waals surface area contributed by atoms with Crippen LogP contribution in [0.1, 0.15) is 65.4 Å². The van der Waals surface area contributed by atoms with Gasteiger partial charge in [-0.25, -0.2) is 9.97 Å². The van der Waals surface area contributed by atoms with Crippen molar-refractivity contribution >= 4 is 21.7 Å². The van der Waals surface area contributed by atoms with Crippen LogP contribution in [0.4, 0.5) is 5.82 Å². The third-order valence-electron chi connectivity index (χ3n) is 2.70. The zero-order valence-corrected chi connectivity index (χ0v) is 14.6. The highest BCUT2D eigenvalue weighted by atomic mass is 79.9. The van der Waals surface area contributed by atoms with Gasteiger partial charge in [-0.2, -0.15) is 0 Å². The van der Waals surface area contributed by atoms with Crippen molar-refractivity contribution < 1.29 is 0 Å². The molecule has 1 rings (SSSR count). The summed E-state index contributed by atoms with van der Waals surface area (Å²) in [4.78, 5) is 9.40. The molecule has 0 aliphatic heterocycles. The molecule has 0 saturated heterocycles. The van der Waals surface area contributed by atoms with Crippen LogP contribution in [-0.2, 0) is 6.42 Å². The molecular formula is C15H26BrN3. The lowest BCUT2D eigenvalue weighted by Gasteiger charge is -2.20. The Morgan fingerprint density at radius 2 is 1.84 bits per heavy atom. The molecule has 1 N–H and O–H groups in total. The largest absolute Gasteiger partial charge is 0.369 e. The van der Waals surface area contributed by atoms with Crippen molar-refractivity contribution in [2.24, 2.45) is 5.41 Å². The smallest absolute Gasteiger partial charge is 0.144 e. The number of aromatic nitrogens is 2. The van der Waals surface area contributed by atoms with Gasteiger partial charge in [0.1, 0.15) is 11.6 Å². The van der Waals surface area contributed by atoms with Gasteiger partial charge in [0.15, 0.2) is 0 Å². The van der Waals surface area contributed by atoms with Gasteiger partial charge in [-0.15, -0.1) is 0 Å². The number of anilines is 1. The number of hydrogen-bond acceptors (Lipinski definition) is 3. The lowest BCUT2D eigenvalue weighted by molar-refractivity contribution is 0.399. The van der Waals surface area contributed by atoms with E-state index in [0.717, 1.165) is 41.2 Å². The molecule has 0 fully saturated rings. The molecule has 0 aliphatic rings. The predicted molar refractivity (Wildman–Crippen MR) is 85.8 cm³/mol. The quantitative estimate of drug-likeness (QED) is 0.846. The molecule has 0 unspecified atom stereocenters.